The van der Waals surface area contributed by atoms with Gasteiger partial charge in [0.05, 0.1) is 17.7 Å². The molecule has 5 heteroatoms. The lowest BCUT2D eigenvalue weighted by Gasteiger charge is -2.13. The van der Waals surface area contributed by atoms with E-state index in [1.54, 1.807) is 29.8 Å². The summed E-state index contributed by atoms with van der Waals surface area (Å²) in [7, 11) is 0. The molecule has 0 fully saturated rings. The molecule has 0 saturated carbocycles. The van der Waals surface area contributed by atoms with Crippen molar-refractivity contribution in [1.82, 2.24) is 10.3 Å². The third-order valence-electron chi connectivity index (χ3n) is 2.89. The lowest BCUT2D eigenvalue weighted by atomic mass is 10.1. The fourth-order valence-electron chi connectivity index (χ4n) is 1.95. The predicted molar refractivity (Wildman–Crippen MR) is 85.1 cm³/mol. The highest BCUT2D eigenvalue weighted by molar-refractivity contribution is 7.07. The molecule has 1 unspecified atom stereocenters. The fourth-order valence-corrected chi connectivity index (χ4v) is 2.63. The molecule has 2 heterocycles. The number of hydrogen-bond donors (Lipinski definition) is 2. The summed E-state index contributed by atoms with van der Waals surface area (Å²) in [6.45, 7) is 2.24. The van der Waals surface area contributed by atoms with Crippen molar-refractivity contribution in [3.8, 4) is 11.8 Å². The van der Waals surface area contributed by atoms with E-state index in [1.165, 1.54) is 5.56 Å². The lowest BCUT2D eigenvalue weighted by molar-refractivity contribution is 0.0940. The molecule has 4 nitrogen and oxygen atoms in total. The van der Waals surface area contributed by atoms with E-state index in [-0.39, 0.29) is 18.5 Å². The van der Waals surface area contributed by atoms with Crippen molar-refractivity contribution in [2.45, 2.75) is 19.4 Å². The quantitative estimate of drug-likeness (QED) is 0.846. The van der Waals surface area contributed by atoms with E-state index in [0.29, 0.717) is 11.1 Å². The van der Waals surface area contributed by atoms with Gasteiger partial charge in [-0.05, 0) is 41.8 Å². The van der Waals surface area contributed by atoms with Crippen molar-refractivity contribution in [2.24, 2.45) is 5.73 Å². The summed E-state index contributed by atoms with van der Waals surface area (Å²) < 4.78 is 0. The lowest BCUT2D eigenvalue weighted by Crippen LogP contribution is -2.34. The number of nitrogens with two attached hydrogens (primary N) is 1. The van der Waals surface area contributed by atoms with Gasteiger partial charge in [0.1, 0.15) is 0 Å². The Kier molecular flexibility index (Phi) is 5.50. The number of rotatable bonds is 4. The molecule has 0 aliphatic carbocycles. The van der Waals surface area contributed by atoms with Crippen molar-refractivity contribution >= 4 is 17.2 Å². The molecule has 0 saturated heterocycles. The van der Waals surface area contributed by atoms with Crippen LogP contribution in [0.4, 0.5) is 0 Å². The topological polar surface area (TPSA) is 68.0 Å². The van der Waals surface area contributed by atoms with Crippen LogP contribution < -0.4 is 11.1 Å². The van der Waals surface area contributed by atoms with Crippen LogP contribution in [0.25, 0.3) is 0 Å². The molecule has 21 heavy (non-hydrogen) atoms. The Morgan fingerprint density at radius 1 is 1.52 bits per heavy atom. The van der Waals surface area contributed by atoms with E-state index in [9.17, 15) is 4.79 Å². The second-order valence-electron chi connectivity index (χ2n) is 4.64. The van der Waals surface area contributed by atoms with Gasteiger partial charge in [-0.3, -0.25) is 9.78 Å². The molecule has 1 atom stereocenters. The van der Waals surface area contributed by atoms with Gasteiger partial charge in [0.15, 0.2) is 0 Å². The molecule has 0 bridgehead atoms. The second-order valence-corrected chi connectivity index (χ2v) is 5.42. The Morgan fingerprint density at radius 2 is 2.38 bits per heavy atom. The van der Waals surface area contributed by atoms with Gasteiger partial charge in [-0.15, -0.1) is 0 Å². The highest BCUT2D eigenvalue weighted by Gasteiger charge is 2.13. The molecule has 0 spiro atoms. The first-order chi connectivity index (χ1) is 10.2. The van der Waals surface area contributed by atoms with Crippen molar-refractivity contribution in [3.05, 3.63) is 52.0 Å². The minimum absolute atomic E-state index is 0.0515. The second kappa shape index (κ2) is 7.58. The Labute approximate surface area is 128 Å². The first kappa shape index (κ1) is 15.2. The minimum Gasteiger partial charge on any atom is -0.349 e. The standard InChI is InChI=1S/C16H17N3OS/c1-12(9-13-5-8-21-11-13)19-16(20)15-4-7-18-10-14(15)3-2-6-17/h4-5,7-8,10-12H,6,9,17H2,1H3,(H,19,20). The molecule has 0 aliphatic rings. The maximum Gasteiger partial charge on any atom is 0.252 e. The fraction of sp³-hybridized carbons (Fsp3) is 0.250. The normalized spacial score (nSPS) is 11.3. The maximum atomic E-state index is 12.3. The third kappa shape index (κ3) is 4.42. The summed E-state index contributed by atoms with van der Waals surface area (Å²) in [5, 5.41) is 7.12. The van der Waals surface area contributed by atoms with Gasteiger partial charge < -0.3 is 11.1 Å². The smallest absolute Gasteiger partial charge is 0.252 e. The van der Waals surface area contributed by atoms with Gasteiger partial charge in [-0.2, -0.15) is 11.3 Å². The van der Waals surface area contributed by atoms with Crippen LogP contribution in [0.3, 0.4) is 0 Å². The highest BCUT2D eigenvalue weighted by Crippen LogP contribution is 2.10. The van der Waals surface area contributed by atoms with E-state index in [2.05, 4.69) is 33.6 Å². The first-order valence-corrected chi connectivity index (χ1v) is 7.60. The van der Waals surface area contributed by atoms with Crippen molar-refractivity contribution < 1.29 is 4.79 Å². The Morgan fingerprint density at radius 3 is 3.10 bits per heavy atom. The first-order valence-electron chi connectivity index (χ1n) is 6.65. The molecule has 0 aliphatic heterocycles. The molecule has 2 aromatic heterocycles. The molecule has 0 aromatic carbocycles. The number of carbonyl (C=O) groups is 1. The number of pyridine rings is 1. The van der Waals surface area contributed by atoms with Gasteiger partial charge in [-0.1, -0.05) is 11.8 Å². The number of nitrogens with zero attached hydrogens (tertiary/aromatic N) is 1. The maximum absolute atomic E-state index is 12.3. The summed E-state index contributed by atoms with van der Waals surface area (Å²) in [6.07, 6.45) is 3.98. The number of nitrogens with one attached hydrogen (secondary N) is 1. The van der Waals surface area contributed by atoms with Crippen LogP contribution in [-0.4, -0.2) is 23.5 Å². The van der Waals surface area contributed by atoms with Gasteiger partial charge in [-0.25, -0.2) is 0 Å². The predicted octanol–water partition coefficient (Wildman–Crippen LogP) is 1.81. The molecular formula is C16H17N3OS. The Bertz CT molecular complexity index is 656. The summed E-state index contributed by atoms with van der Waals surface area (Å²) in [4.78, 5) is 16.3. The molecular weight excluding hydrogens is 282 g/mol. The van der Waals surface area contributed by atoms with Crippen LogP contribution in [0, 0.1) is 11.8 Å². The van der Waals surface area contributed by atoms with E-state index >= 15 is 0 Å². The van der Waals surface area contributed by atoms with Crippen LogP contribution in [-0.2, 0) is 6.42 Å². The van der Waals surface area contributed by atoms with Crippen LogP contribution >= 0.6 is 11.3 Å². The van der Waals surface area contributed by atoms with Crippen LogP contribution in [0.1, 0.15) is 28.4 Å². The zero-order chi connectivity index (χ0) is 15.1. The van der Waals surface area contributed by atoms with Gasteiger partial charge in [0.25, 0.3) is 5.91 Å². The van der Waals surface area contributed by atoms with Crippen LogP contribution in [0.5, 0.6) is 0 Å². The summed E-state index contributed by atoms with van der Waals surface area (Å²) in [5.41, 5.74) is 7.72. The van der Waals surface area contributed by atoms with E-state index in [4.69, 9.17) is 5.73 Å². The zero-order valence-electron chi connectivity index (χ0n) is 11.8. The van der Waals surface area contributed by atoms with Gasteiger partial charge >= 0.3 is 0 Å². The number of aromatic nitrogens is 1. The third-order valence-corrected chi connectivity index (χ3v) is 3.62. The SMILES string of the molecule is CC(Cc1ccsc1)NC(=O)c1ccncc1C#CCN. The molecule has 2 aromatic rings. The molecule has 2 rings (SSSR count). The number of hydrogen-bond acceptors (Lipinski definition) is 4. The van der Waals surface area contributed by atoms with E-state index < -0.39 is 0 Å². The van der Waals surface area contributed by atoms with Crippen LogP contribution in [0.2, 0.25) is 0 Å². The molecule has 1 amide bonds. The van der Waals surface area contributed by atoms with Gasteiger partial charge in [0, 0.05) is 18.4 Å². The largest absolute Gasteiger partial charge is 0.349 e. The number of thiophene rings is 1. The van der Waals surface area contributed by atoms with Gasteiger partial charge in [0.2, 0.25) is 0 Å². The summed E-state index contributed by atoms with van der Waals surface area (Å²) in [6, 6.07) is 3.79. The number of carbonyl (C=O) groups excluding carboxylic acids is 1. The highest BCUT2D eigenvalue weighted by atomic mass is 32.1. The zero-order valence-corrected chi connectivity index (χ0v) is 12.6. The number of amides is 1. The summed E-state index contributed by atoms with van der Waals surface area (Å²) >= 11 is 1.66. The minimum atomic E-state index is -0.138. The van der Waals surface area contributed by atoms with Crippen LogP contribution in [0.15, 0.2) is 35.3 Å². The molecule has 0 radical (unpaired) electrons. The summed E-state index contributed by atoms with van der Waals surface area (Å²) in [5.74, 6) is 5.49. The van der Waals surface area contributed by atoms with Crippen molar-refractivity contribution in [3.63, 3.8) is 0 Å². The van der Waals surface area contributed by atoms with E-state index in [0.717, 1.165) is 6.42 Å². The average molecular weight is 299 g/mol. The van der Waals surface area contributed by atoms with Crippen molar-refractivity contribution in [1.29, 1.82) is 0 Å². The average Bonchev–Trinajstić information content (AvgIpc) is 2.98. The monoisotopic (exact) mass is 299 g/mol. The van der Waals surface area contributed by atoms with Crippen molar-refractivity contribution in [2.75, 3.05) is 6.54 Å². The van der Waals surface area contributed by atoms with E-state index in [1.807, 2.05) is 12.3 Å². The molecule has 3 N–H and O–H groups in total. The Balaban J connectivity index is 2.06. The molecule has 108 valence electrons. The Hall–Kier alpha value is -2.16.